The zero-order valence-corrected chi connectivity index (χ0v) is 17.8. The number of nitrogens with zero attached hydrogens (tertiary/aromatic N) is 2. The van der Waals surface area contributed by atoms with E-state index >= 15 is 0 Å². The van der Waals surface area contributed by atoms with E-state index in [1.54, 1.807) is 36.4 Å². The number of anilines is 1. The molecule has 0 fully saturated rings. The van der Waals surface area contributed by atoms with Gasteiger partial charge in [-0.25, -0.2) is 0 Å². The zero-order chi connectivity index (χ0) is 22.4. The second kappa shape index (κ2) is 9.73. The second-order valence-corrected chi connectivity index (χ2v) is 7.15. The number of nitro benzene ring substituents is 1. The number of nitriles is 1. The Balaban J connectivity index is 1.93. The van der Waals surface area contributed by atoms with Gasteiger partial charge in [0.1, 0.15) is 0 Å². The minimum Gasteiger partial charge on any atom is -0.493 e. The van der Waals surface area contributed by atoms with E-state index in [4.69, 9.17) is 14.7 Å². The van der Waals surface area contributed by atoms with Gasteiger partial charge >= 0.3 is 0 Å². The van der Waals surface area contributed by atoms with Crippen LogP contribution in [0.15, 0.2) is 71.2 Å². The predicted molar refractivity (Wildman–Crippen MR) is 117 cm³/mol. The molecule has 0 heterocycles. The normalized spacial score (nSPS) is 11.1. The van der Waals surface area contributed by atoms with Gasteiger partial charge in [0, 0.05) is 28.2 Å². The number of benzene rings is 3. The zero-order valence-electron chi connectivity index (χ0n) is 16.2. The summed E-state index contributed by atoms with van der Waals surface area (Å²) in [6.45, 7) is 0. The van der Waals surface area contributed by atoms with Gasteiger partial charge in [0.25, 0.3) is 11.6 Å². The number of hydrogen-bond donors (Lipinski definition) is 1. The van der Waals surface area contributed by atoms with E-state index in [9.17, 15) is 14.9 Å². The number of nitro groups is 1. The average molecular weight is 482 g/mol. The number of amides is 1. The highest BCUT2D eigenvalue weighted by molar-refractivity contribution is 9.10. The Morgan fingerprint density at radius 1 is 1.13 bits per heavy atom. The van der Waals surface area contributed by atoms with Crippen LogP contribution < -0.4 is 14.8 Å². The maximum absolute atomic E-state index is 13.1. The van der Waals surface area contributed by atoms with Crippen LogP contribution in [0, 0.1) is 21.4 Å². The van der Waals surface area contributed by atoms with E-state index in [1.807, 2.05) is 12.1 Å². The molecule has 8 nitrogen and oxygen atoms in total. The van der Waals surface area contributed by atoms with Crippen molar-refractivity contribution in [1.29, 1.82) is 5.26 Å². The van der Waals surface area contributed by atoms with Crippen LogP contribution in [0.3, 0.4) is 0 Å². The highest BCUT2D eigenvalue weighted by Gasteiger charge is 2.25. The summed E-state index contributed by atoms with van der Waals surface area (Å²) < 4.78 is 11.6. The smallest absolute Gasteiger partial charge is 0.270 e. The predicted octanol–water partition coefficient (Wildman–Crippen LogP) is 5.00. The number of rotatable bonds is 7. The molecular weight excluding hydrogens is 466 g/mol. The molecule has 1 N–H and O–H groups in total. The summed E-state index contributed by atoms with van der Waals surface area (Å²) in [7, 11) is 1.44. The lowest BCUT2D eigenvalue weighted by atomic mass is 10.1. The molecule has 156 valence electrons. The number of halogens is 1. The summed E-state index contributed by atoms with van der Waals surface area (Å²) in [5.74, 6) is 0.102. The fourth-order valence-corrected chi connectivity index (χ4v) is 3.25. The van der Waals surface area contributed by atoms with Gasteiger partial charge in [0.2, 0.25) is 6.10 Å². The molecule has 0 radical (unpaired) electrons. The molecule has 0 aliphatic heterocycles. The molecule has 0 aromatic heterocycles. The lowest BCUT2D eigenvalue weighted by Gasteiger charge is -2.21. The number of ether oxygens (including phenoxy) is 2. The Kier molecular flexibility index (Phi) is 6.85. The van der Waals surface area contributed by atoms with E-state index in [2.05, 4.69) is 21.2 Å². The van der Waals surface area contributed by atoms with Crippen LogP contribution >= 0.6 is 15.9 Å². The van der Waals surface area contributed by atoms with E-state index in [0.717, 1.165) is 0 Å². The van der Waals surface area contributed by atoms with Crippen LogP contribution in [0.5, 0.6) is 11.5 Å². The van der Waals surface area contributed by atoms with Gasteiger partial charge in [-0.2, -0.15) is 5.26 Å². The van der Waals surface area contributed by atoms with Gasteiger partial charge in [-0.15, -0.1) is 0 Å². The van der Waals surface area contributed by atoms with Gasteiger partial charge in [-0.05, 0) is 34.1 Å². The third-order valence-corrected chi connectivity index (χ3v) is 4.96. The monoisotopic (exact) mass is 481 g/mol. The van der Waals surface area contributed by atoms with Gasteiger partial charge in [0.05, 0.1) is 29.4 Å². The van der Waals surface area contributed by atoms with Crippen LogP contribution in [0.4, 0.5) is 11.4 Å². The average Bonchev–Trinajstić information content (AvgIpc) is 2.79. The molecule has 1 atom stereocenters. The molecule has 0 bridgehead atoms. The first-order valence-corrected chi connectivity index (χ1v) is 9.76. The quantitative estimate of drug-likeness (QED) is 0.375. The standard InChI is InChI=1S/C22H16BrN3O5/c1-30-20-11-14(13-24)7-10-19(20)31-21(15-5-3-2-4-6-15)22(27)25-18-9-8-16(26(28)29)12-17(18)23/h2-12,21H,1H3,(H,25,27). The van der Waals surface area contributed by atoms with Crippen LogP contribution in [-0.2, 0) is 4.79 Å². The SMILES string of the molecule is COc1cc(C#N)ccc1OC(C(=O)Nc1ccc([N+](=O)[O-])cc1Br)c1ccccc1. The first-order chi connectivity index (χ1) is 14.9. The minimum atomic E-state index is -1.05. The maximum atomic E-state index is 13.1. The Morgan fingerprint density at radius 2 is 1.87 bits per heavy atom. The number of carbonyl (C=O) groups is 1. The molecule has 31 heavy (non-hydrogen) atoms. The summed E-state index contributed by atoms with van der Waals surface area (Å²) in [5, 5.41) is 22.7. The lowest BCUT2D eigenvalue weighted by Crippen LogP contribution is -2.26. The van der Waals surface area contributed by atoms with Gasteiger partial charge < -0.3 is 14.8 Å². The van der Waals surface area contributed by atoms with Crippen molar-refractivity contribution < 1.29 is 19.2 Å². The Hall–Kier alpha value is -3.90. The van der Waals surface area contributed by atoms with Gasteiger partial charge in [0.15, 0.2) is 11.5 Å². The largest absolute Gasteiger partial charge is 0.493 e. The van der Waals surface area contributed by atoms with Crippen molar-refractivity contribution in [2.45, 2.75) is 6.10 Å². The molecule has 0 saturated carbocycles. The highest BCUT2D eigenvalue weighted by Crippen LogP contribution is 2.33. The van der Waals surface area contributed by atoms with E-state index in [1.165, 1.54) is 31.4 Å². The number of methoxy groups -OCH3 is 1. The van der Waals surface area contributed by atoms with Crippen molar-refractivity contribution in [2.75, 3.05) is 12.4 Å². The van der Waals surface area contributed by atoms with Crippen molar-refractivity contribution >= 4 is 33.2 Å². The van der Waals surface area contributed by atoms with Crippen molar-refractivity contribution in [2.24, 2.45) is 0 Å². The summed E-state index contributed by atoms with van der Waals surface area (Å²) in [5.41, 5.74) is 1.22. The molecule has 0 aliphatic rings. The van der Waals surface area contributed by atoms with Crippen molar-refractivity contribution in [3.8, 4) is 17.6 Å². The van der Waals surface area contributed by atoms with Crippen LogP contribution in [0.25, 0.3) is 0 Å². The molecule has 3 rings (SSSR count). The third kappa shape index (κ3) is 5.18. The van der Waals surface area contributed by atoms with Crippen molar-refractivity contribution in [3.05, 3.63) is 92.4 Å². The van der Waals surface area contributed by atoms with E-state index in [0.29, 0.717) is 27.0 Å². The third-order valence-electron chi connectivity index (χ3n) is 4.30. The van der Waals surface area contributed by atoms with E-state index < -0.39 is 16.9 Å². The Labute approximate surface area is 186 Å². The van der Waals surface area contributed by atoms with Crippen molar-refractivity contribution in [1.82, 2.24) is 0 Å². The molecule has 0 aliphatic carbocycles. The molecule has 3 aromatic rings. The van der Waals surface area contributed by atoms with E-state index in [-0.39, 0.29) is 11.4 Å². The fourth-order valence-electron chi connectivity index (χ4n) is 2.78. The maximum Gasteiger partial charge on any atom is 0.270 e. The number of carbonyl (C=O) groups excluding carboxylic acids is 1. The summed E-state index contributed by atoms with van der Waals surface area (Å²) in [6, 6.07) is 19.5. The van der Waals surface area contributed by atoms with Crippen LogP contribution in [0.1, 0.15) is 17.2 Å². The number of nitrogens with one attached hydrogen (secondary N) is 1. The Morgan fingerprint density at radius 3 is 2.48 bits per heavy atom. The fraction of sp³-hybridized carbons (Fsp3) is 0.0909. The van der Waals surface area contributed by atoms with Crippen LogP contribution in [0.2, 0.25) is 0 Å². The Bertz CT molecular complexity index is 1160. The molecule has 0 spiro atoms. The topological polar surface area (TPSA) is 114 Å². The molecule has 0 saturated heterocycles. The first-order valence-electron chi connectivity index (χ1n) is 8.97. The molecule has 9 heteroatoms. The molecule has 3 aromatic carbocycles. The number of non-ortho nitro benzene ring substituents is 1. The molecule has 1 amide bonds. The molecule has 1 unspecified atom stereocenters. The first kappa shape index (κ1) is 21.8. The van der Waals surface area contributed by atoms with Crippen LogP contribution in [-0.4, -0.2) is 17.9 Å². The summed E-state index contributed by atoms with van der Waals surface area (Å²) in [4.78, 5) is 23.5. The molecular formula is C22H16BrN3O5. The second-order valence-electron chi connectivity index (χ2n) is 6.30. The number of hydrogen-bond acceptors (Lipinski definition) is 6. The van der Waals surface area contributed by atoms with Gasteiger partial charge in [-0.1, -0.05) is 30.3 Å². The summed E-state index contributed by atoms with van der Waals surface area (Å²) in [6.07, 6.45) is -1.05. The minimum absolute atomic E-state index is 0.108. The van der Waals surface area contributed by atoms with Gasteiger partial charge in [-0.3, -0.25) is 14.9 Å². The summed E-state index contributed by atoms with van der Waals surface area (Å²) >= 11 is 3.24. The highest BCUT2D eigenvalue weighted by atomic mass is 79.9. The lowest BCUT2D eigenvalue weighted by molar-refractivity contribution is -0.384. The van der Waals surface area contributed by atoms with Crippen molar-refractivity contribution in [3.63, 3.8) is 0 Å².